The van der Waals surface area contributed by atoms with Crippen LogP contribution in [0.3, 0.4) is 0 Å². The maximum Gasteiger partial charge on any atom is 0.338 e. The molecule has 0 radical (unpaired) electrons. The minimum atomic E-state index is -0.581. The summed E-state index contributed by atoms with van der Waals surface area (Å²) in [5, 5.41) is 0. The van der Waals surface area contributed by atoms with E-state index in [9.17, 15) is 19.2 Å². The Morgan fingerprint density at radius 2 is 1.71 bits per heavy atom. The molecule has 0 aliphatic heterocycles. The van der Waals surface area contributed by atoms with Crippen molar-refractivity contribution in [3.63, 3.8) is 0 Å². The Morgan fingerprint density at radius 1 is 1.04 bits per heavy atom. The van der Waals surface area contributed by atoms with E-state index in [0.29, 0.717) is 17.8 Å². The summed E-state index contributed by atoms with van der Waals surface area (Å²) >= 11 is 0. The summed E-state index contributed by atoms with van der Waals surface area (Å²) in [6, 6.07) is 11.3. The SMILES string of the molecule is CC(=O)C(COC(=O)c1ccc(N=C=O)cc1)Cc1ccc(C)c(N=C=O)c1. The molecule has 28 heavy (non-hydrogen) atoms. The van der Waals surface area contributed by atoms with Gasteiger partial charge in [-0.15, -0.1) is 0 Å². The molecule has 0 heterocycles. The highest BCUT2D eigenvalue weighted by atomic mass is 16.5. The zero-order chi connectivity index (χ0) is 20.5. The van der Waals surface area contributed by atoms with E-state index in [-0.39, 0.29) is 18.0 Å². The Kier molecular flexibility index (Phi) is 7.28. The molecule has 0 saturated heterocycles. The minimum Gasteiger partial charge on any atom is -0.461 e. The number of carbonyl (C=O) groups is 2. The second kappa shape index (κ2) is 9.88. The van der Waals surface area contributed by atoms with E-state index < -0.39 is 11.9 Å². The third kappa shape index (κ3) is 5.68. The standard InChI is InChI=1S/C21H18N2O5/c1-14-3-4-16(10-20(14)23-13-25)9-18(15(2)26)11-28-21(27)17-5-7-19(8-6-17)22-12-24/h3-8,10,18H,9,11H2,1-2H3. The van der Waals surface area contributed by atoms with Gasteiger partial charge < -0.3 is 4.74 Å². The van der Waals surface area contributed by atoms with Gasteiger partial charge >= 0.3 is 5.97 Å². The fraction of sp³-hybridized carbons (Fsp3) is 0.238. The number of carbonyl (C=O) groups excluding carboxylic acids is 4. The highest BCUT2D eigenvalue weighted by Crippen LogP contribution is 2.22. The summed E-state index contributed by atoms with van der Waals surface area (Å²) < 4.78 is 5.27. The number of hydrogen-bond acceptors (Lipinski definition) is 7. The van der Waals surface area contributed by atoms with Crippen molar-refractivity contribution < 1.29 is 23.9 Å². The topological polar surface area (TPSA) is 102 Å². The fourth-order valence-corrected chi connectivity index (χ4v) is 2.54. The van der Waals surface area contributed by atoms with Gasteiger partial charge in [-0.1, -0.05) is 12.1 Å². The quantitative estimate of drug-likeness (QED) is 0.397. The molecule has 0 aliphatic carbocycles. The maximum absolute atomic E-state index is 12.2. The van der Waals surface area contributed by atoms with Gasteiger partial charge in [-0.25, -0.2) is 14.4 Å². The largest absolute Gasteiger partial charge is 0.461 e. The van der Waals surface area contributed by atoms with Crippen LogP contribution < -0.4 is 0 Å². The van der Waals surface area contributed by atoms with Gasteiger partial charge in [-0.05, 0) is 61.7 Å². The van der Waals surface area contributed by atoms with Crippen molar-refractivity contribution in [3.05, 3.63) is 59.2 Å². The molecular formula is C21H18N2O5. The third-order valence-corrected chi connectivity index (χ3v) is 4.19. The molecule has 2 aromatic rings. The molecular weight excluding hydrogens is 360 g/mol. The number of ether oxygens (including phenoxy) is 1. The van der Waals surface area contributed by atoms with Crippen molar-refractivity contribution in [2.45, 2.75) is 20.3 Å². The number of ketones is 1. The lowest BCUT2D eigenvalue weighted by molar-refractivity contribution is -0.121. The molecule has 7 nitrogen and oxygen atoms in total. The zero-order valence-electron chi connectivity index (χ0n) is 15.5. The molecule has 7 heteroatoms. The van der Waals surface area contributed by atoms with Crippen LogP contribution in [0.4, 0.5) is 11.4 Å². The van der Waals surface area contributed by atoms with Gasteiger partial charge in [-0.2, -0.15) is 9.98 Å². The van der Waals surface area contributed by atoms with Gasteiger partial charge in [0, 0.05) is 0 Å². The Morgan fingerprint density at radius 3 is 2.32 bits per heavy atom. The van der Waals surface area contributed by atoms with Crippen LogP contribution in [0.2, 0.25) is 0 Å². The van der Waals surface area contributed by atoms with Gasteiger partial charge in [0.15, 0.2) is 0 Å². The summed E-state index contributed by atoms with van der Waals surface area (Å²) in [4.78, 5) is 52.0. The highest BCUT2D eigenvalue weighted by Gasteiger charge is 2.19. The van der Waals surface area contributed by atoms with E-state index in [1.54, 1.807) is 12.1 Å². The molecule has 2 aromatic carbocycles. The van der Waals surface area contributed by atoms with Crippen LogP contribution in [-0.2, 0) is 25.5 Å². The molecule has 0 spiro atoms. The zero-order valence-corrected chi connectivity index (χ0v) is 15.5. The number of nitrogens with zero attached hydrogens (tertiary/aromatic N) is 2. The van der Waals surface area contributed by atoms with Crippen molar-refractivity contribution in [2.75, 3.05) is 6.61 Å². The predicted octanol–water partition coefficient (Wildman–Crippen LogP) is 3.53. The Bertz CT molecular complexity index is 969. The van der Waals surface area contributed by atoms with E-state index in [1.807, 2.05) is 13.0 Å². The monoisotopic (exact) mass is 378 g/mol. The number of rotatable bonds is 8. The molecule has 0 saturated carbocycles. The van der Waals surface area contributed by atoms with E-state index >= 15 is 0 Å². The van der Waals surface area contributed by atoms with E-state index in [1.165, 1.54) is 43.3 Å². The average molecular weight is 378 g/mol. The highest BCUT2D eigenvalue weighted by molar-refractivity contribution is 5.90. The second-order valence-electron chi connectivity index (χ2n) is 6.18. The predicted molar refractivity (Wildman–Crippen MR) is 101 cm³/mol. The van der Waals surface area contributed by atoms with Crippen LogP contribution in [0, 0.1) is 12.8 Å². The number of isocyanates is 2. The van der Waals surface area contributed by atoms with Gasteiger partial charge in [-0.3, -0.25) is 4.79 Å². The van der Waals surface area contributed by atoms with Crippen molar-refractivity contribution in [2.24, 2.45) is 15.9 Å². The summed E-state index contributed by atoms with van der Waals surface area (Å²) in [5.41, 5.74) is 2.77. The number of benzene rings is 2. The lowest BCUT2D eigenvalue weighted by Gasteiger charge is -2.15. The summed E-state index contributed by atoms with van der Waals surface area (Å²) in [5.74, 6) is -1.23. The molecule has 142 valence electrons. The van der Waals surface area contributed by atoms with Crippen LogP contribution in [-0.4, -0.2) is 30.5 Å². The first-order valence-corrected chi connectivity index (χ1v) is 8.47. The molecule has 0 amide bonds. The molecule has 0 N–H and O–H groups in total. The van der Waals surface area contributed by atoms with Gasteiger partial charge in [0.25, 0.3) is 0 Å². The molecule has 0 fully saturated rings. The normalized spacial score (nSPS) is 10.9. The van der Waals surface area contributed by atoms with Crippen LogP contribution in [0.1, 0.15) is 28.4 Å². The van der Waals surface area contributed by atoms with Crippen LogP contribution in [0.25, 0.3) is 0 Å². The number of esters is 1. The fourth-order valence-electron chi connectivity index (χ4n) is 2.54. The van der Waals surface area contributed by atoms with E-state index in [4.69, 9.17) is 4.74 Å². The lowest BCUT2D eigenvalue weighted by atomic mass is 9.95. The molecule has 0 aliphatic rings. The summed E-state index contributed by atoms with van der Waals surface area (Å²) in [7, 11) is 0. The summed E-state index contributed by atoms with van der Waals surface area (Å²) in [6.07, 6.45) is 3.27. The van der Waals surface area contributed by atoms with Crippen molar-refractivity contribution >= 4 is 35.3 Å². The third-order valence-electron chi connectivity index (χ3n) is 4.19. The Balaban J connectivity index is 2.05. The molecule has 2 rings (SSSR count). The first kappa shape index (κ1) is 20.6. The van der Waals surface area contributed by atoms with Crippen LogP contribution in [0.5, 0.6) is 0 Å². The first-order valence-electron chi connectivity index (χ1n) is 8.47. The van der Waals surface area contributed by atoms with Gasteiger partial charge in [0.2, 0.25) is 12.2 Å². The van der Waals surface area contributed by atoms with Crippen LogP contribution in [0.15, 0.2) is 52.4 Å². The minimum absolute atomic E-state index is 0.0808. The molecule has 0 bridgehead atoms. The van der Waals surface area contributed by atoms with Crippen molar-refractivity contribution in [1.82, 2.24) is 0 Å². The number of Topliss-reactive ketones (excluding diaryl/α,β-unsaturated/α-hetero) is 1. The smallest absolute Gasteiger partial charge is 0.338 e. The molecule has 1 atom stereocenters. The second-order valence-corrected chi connectivity index (χ2v) is 6.18. The first-order chi connectivity index (χ1) is 13.4. The summed E-state index contributed by atoms with van der Waals surface area (Å²) in [6.45, 7) is 3.17. The maximum atomic E-state index is 12.2. The van der Waals surface area contributed by atoms with Crippen LogP contribution >= 0.6 is 0 Å². The van der Waals surface area contributed by atoms with E-state index in [0.717, 1.165) is 11.1 Å². The Labute approximate surface area is 161 Å². The molecule has 1 unspecified atom stereocenters. The number of aliphatic imine (C=N–C) groups is 2. The number of hydrogen-bond donors (Lipinski definition) is 0. The lowest BCUT2D eigenvalue weighted by Crippen LogP contribution is -2.22. The van der Waals surface area contributed by atoms with Crippen molar-refractivity contribution in [1.29, 1.82) is 0 Å². The van der Waals surface area contributed by atoms with Gasteiger partial charge in [0.05, 0.1) is 22.9 Å². The molecule has 0 aromatic heterocycles. The van der Waals surface area contributed by atoms with Gasteiger partial charge in [0.1, 0.15) is 12.4 Å². The van der Waals surface area contributed by atoms with Crippen molar-refractivity contribution in [3.8, 4) is 0 Å². The Hall–Kier alpha value is -3.66. The number of aryl methyl sites for hydroxylation is 1. The average Bonchev–Trinajstić information content (AvgIpc) is 2.68. The van der Waals surface area contributed by atoms with E-state index in [2.05, 4.69) is 9.98 Å².